The van der Waals surface area contributed by atoms with E-state index in [2.05, 4.69) is 25.2 Å². The van der Waals surface area contributed by atoms with Crippen molar-refractivity contribution in [1.82, 2.24) is 29.8 Å². The molecule has 0 atom stereocenters. The third-order valence-corrected chi connectivity index (χ3v) is 4.28. The third kappa shape index (κ3) is 3.46. The summed E-state index contributed by atoms with van der Waals surface area (Å²) in [6.07, 6.45) is 0.00610. The summed E-state index contributed by atoms with van der Waals surface area (Å²) in [5, 5.41) is 14.9. The van der Waals surface area contributed by atoms with Crippen LogP contribution < -0.4 is 10.3 Å². The van der Waals surface area contributed by atoms with E-state index in [9.17, 15) is 18.0 Å². The van der Waals surface area contributed by atoms with Crippen LogP contribution in [0.3, 0.4) is 0 Å². The van der Waals surface area contributed by atoms with E-state index >= 15 is 0 Å². The number of fused-ring (bicyclic) bond motifs is 1. The van der Waals surface area contributed by atoms with Crippen LogP contribution in [0.25, 0.3) is 27.8 Å². The number of aromatic nitrogens is 6. The zero-order valence-electron chi connectivity index (χ0n) is 15.3. The lowest BCUT2D eigenvalue weighted by Crippen LogP contribution is -2.22. The van der Waals surface area contributed by atoms with Crippen molar-refractivity contribution in [3.8, 4) is 22.6 Å². The second-order valence-corrected chi connectivity index (χ2v) is 6.57. The number of aromatic amines is 1. The molecule has 0 unspecified atom stereocenters. The molecule has 4 rings (SSSR count). The standard InChI is InChI=1S/C18H15F3N6O2/c1-10(2)27-16-15(24-25-27)14(11-7-22-23-8-11)9-26(17(16)28)12-3-5-13(6-4-12)29-18(19,20)21/h3-10H,1-2H3,(H,22,23). The van der Waals surface area contributed by atoms with Crippen LogP contribution in [-0.4, -0.2) is 36.1 Å². The highest BCUT2D eigenvalue weighted by atomic mass is 19.4. The smallest absolute Gasteiger partial charge is 0.406 e. The summed E-state index contributed by atoms with van der Waals surface area (Å²) >= 11 is 0. The maximum Gasteiger partial charge on any atom is 0.573 e. The van der Waals surface area contributed by atoms with E-state index in [1.165, 1.54) is 21.4 Å². The van der Waals surface area contributed by atoms with Crippen LogP contribution in [0.15, 0.2) is 47.7 Å². The molecule has 0 radical (unpaired) electrons. The van der Waals surface area contributed by atoms with Gasteiger partial charge < -0.3 is 4.74 Å². The molecule has 0 fully saturated rings. The summed E-state index contributed by atoms with van der Waals surface area (Å²) in [5.74, 6) is -0.376. The number of benzene rings is 1. The van der Waals surface area contributed by atoms with Crippen molar-refractivity contribution in [2.75, 3.05) is 0 Å². The predicted molar refractivity (Wildman–Crippen MR) is 97.8 cm³/mol. The number of halogens is 3. The van der Waals surface area contributed by atoms with Crippen molar-refractivity contribution in [2.45, 2.75) is 26.3 Å². The van der Waals surface area contributed by atoms with Gasteiger partial charge in [0.2, 0.25) is 0 Å². The number of ether oxygens (including phenoxy) is 1. The lowest BCUT2D eigenvalue weighted by molar-refractivity contribution is -0.274. The molecular formula is C18H15F3N6O2. The number of rotatable bonds is 4. The molecule has 0 amide bonds. The summed E-state index contributed by atoms with van der Waals surface area (Å²) in [7, 11) is 0. The van der Waals surface area contributed by atoms with Gasteiger partial charge in [-0.2, -0.15) is 5.10 Å². The molecule has 3 heterocycles. The molecule has 0 saturated heterocycles. The third-order valence-electron chi connectivity index (χ3n) is 4.28. The molecule has 0 saturated carbocycles. The van der Waals surface area contributed by atoms with Crippen molar-refractivity contribution in [1.29, 1.82) is 0 Å². The molecule has 29 heavy (non-hydrogen) atoms. The van der Waals surface area contributed by atoms with Crippen LogP contribution >= 0.6 is 0 Å². The molecule has 150 valence electrons. The minimum absolute atomic E-state index is 0.122. The number of pyridine rings is 1. The molecule has 0 aliphatic heterocycles. The molecule has 0 aliphatic carbocycles. The van der Waals surface area contributed by atoms with Gasteiger partial charge in [-0.05, 0) is 38.1 Å². The molecule has 0 spiro atoms. The molecule has 1 N–H and O–H groups in total. The first-order valence-corrected chi connectivity index (χ1v) is 8.60. The topological polar surface area (TPSA) is 90.6 Å². The summed E-state index contributed by atoms with van der Waals surface area (Å²) in [6.45, 7) is 3.73. The number of hydrogen-bond acceptors (Lipinski definition) is 5. The Kier molecular flexibility index (Phi) is 4.36. The Balaban J connectivity index is 1.92. The first-order chi connectivity index (χ1) is 13.7. The zero-order chi connectivity index (χ0) is 20.8. The van der Waals surface area contributed by atoms with E-state index in [-0.39, 0.29) is 17.3 Å². The van der Waals surface area contributed by atoms with Gasteiger partial charge in [-0.3, -0.25) is 14.5 Å². The highest BCUT2D eigenvalue weighted by molar-refractivity contribution is 5.90. The number of nitrogens with one attached hydrogen (secondary N) is 1. The number of hydrogen-bond donors (Lipinski definition) is 1. The normalized spacial score (nSPS) is 12.1. The summed E-state index contributed by atoms with van der Waals surface area (Å²) in [4.78, 5) is 13.2. The van der Waals surface area contributed by atoms with Crippen LogP contribution in [0.4, 0.5) is 13.2 Å². The Morgan fingerprint density at radius 3 is 2.48 bits per heavy atom. The van der Waals surface area contributed by atoms with E-state index in [1.54, 1.807) is 18.6 Å². The average molecular weight is 404 g/mol. The van der Waals surface area contributed by atoms with Gasteiger partial charge in [0.15, 0.2) is 5.52 Å². The van der Waals surface area contributed by atoms with Crippen molar-refractivity contribution in [2.24, 2.45) is 0 Å². The molecule has 11 heteroatoms. The first kappa shape index (κ1) is 18.7. The van der Waals surface area contributed by atoms with Crippen LogP contribution in [0.5, 0.6) is 5.75 Å². The Labute approximate surface area is 161 Å². The Bertz CT molecular complexity index is 1210. The van der Waals surface area contributed by atoms with Gasteiger partial charge in [-0.1, -0.05) is 5.21 Å². The van der Waals surface area contributed by atoms with Crippen molar-refractivity contribution >= 4 is 11.0 Å². The van der Waals surface area contributed by atoms with E-state index in [0.717, 1.165) is 12.1 Å². The van der Waals surface area contributed by atoms with Crippen LogP contribution in [0, 0.1) is 0 Å². The molecule has 3 aromatic heterocycles. The maximum atomic E-state index is 13.2. The molecule has 4 aromatic rings. The molecule has 1 aromatic carbocycles. The SMILES string of the molecule is CC(C)n1nnc2c(-c3cn[nH]c3)cn(-c3ccc(OC(F)(F)F)cc3)c(=O)c21. The van der Waals surface area contributed by atoms with Gasteiger partial charge in [0.05, 0.1) is 6.20 Å². The Morgan fingerprint density at radius 2 is 1.90 bits per heavy atom. The second-order valence-electron chi connectivity index (χ2n) is 6.57. The Morgan fingerprint density at radius 1 is 1.17 bits per heavy atom. The number of nitrogens with zero attached hydrogens (tertiary/aromatic N) is 5. The van der Waals surface area contributed by atoms with Gasteiger partial charge >= 0.3 is 6.36 Å². The van der Waals surface area contributed by atoms with Crippen LogP contribution in [-0.2, 0) is 0 Å². The lowest BCUT2D eigenvalue weighted by Gasteiger charge is -2.12. The van der Waals surface area contributed by atoms with Crippen molar-refractivity contribution in [3.05, 3.63) is 53.2 Å². The van der Waals surface area contributed by atoms with Crippen molar-refractivity contribution < 1.29 is 17.9 Å². The minimum atomic E-state index is -4.79. The Hall–Kier alpha value is -3.63. The molecule has 8 nitrogen and oxygen atoms in total. The lowest BCUT2D eigenvalue weighted by atomic mass is 10.1. The fourth-order valence-corrected chi connectivity index (χ4v) is 3.01. The quantitative estimate of drug-likeness (QED) is 0.563. The van der Waals surface area contributed by atoms with Crippen molar-refractivity contribution in [3.63, 3.8) is 0 Å². The highest BCUT2D eigenvalue weighted by Gasteiger charge is 2.31. The van der Waals surface area contributed by atoms with E-state index < -0.39 is 11.9 Å². The number of alkyl halides is 3. The maximum absolute atomic E-state index is 13.2. The van der Waals surface area contributed by atoms with Gasteiger partial charge in [-0.15, -0.1) is 18.3 Å². The van der Waals surface area contributed by atoms with Gasteiger partial charge in [0.1, 0.15) is 11.3 Å². The molecular weight excluding hydrogens is 389 g/mol. The zero-order valence-corrected chi connectivity index (χ0v) is 15.3. The highest BCUT2D eigenvalue weighted by Crippen LogP contribution is 2.28. The average Bonchev–Trinajstić information content (AvgIpc) is 3.32. The molecule has 0 bridgehead atoms. The first-order valence-electron chi connectivity index (χ1n) is 8.60. The largest absolute Gasteiger partial charge is 0.573 e. The van der Waals surface area contributed by atoms with Gasteiger partial charge in [-0.25, -0.2) is 4.68 Å². The van der Waals surface area contributed by atoms with E-state index in [4.69, 9.17) is 0 Å². The fourth-order valence-electron chi connectivity index (χ4n) is 3.01. The second kappa shape index (κ2) is 6.76. The van der Waals surface area contributed by atoms with Gasteiger partial charge in [0, 0.05) is 35.2 Å². The van der Waals surface area contributed by atoms with Crippen LogP contribution in [0.2, 0.25) is 0 Å². The van der Waals surface area contributed by atoms with E-state index in [1.807, 2.05) is 13.8 Å². The van der Waals surface area contributed by atoms with Crippen LogP contribution in [0.1, 0.15) is 19.9 Å². The fraction of sp³-hybridized carbons (Fsp3) is 0.222. The summed E-state index contributed by atoms with van der Waals surface area (Å²) < 4.78 is 43.9. The minimum Gasteiger partial charge on any atom is -0.406 e. The van der Waals surface area contributed by atoms with E-state index in [0.29, 0.717) is 22.3 Å². The monoisotopic (exact) mass is 404 g/mol. The summed E-state index contributed by atoms with van der Waals surface area (Å²) in [6, 6.07) is 4.92. The summed E-state index contributed by atoms with van der Waals surface area (Å²) in [5.41, 5.74) is 1.98. The van der Waals surface area contributed by atoms with Gasteiger partial charge in [0.25, 0.3) is 5.56 Å². The predicted octanol–water partition coefficient (Wildman–Crippen LogP) is 3.45. The molecule has 0 aliphatic rings. The number of H-pyrrole nitrogens is 1.